The van der Waals surface area contributed by atoms with E-state index in [4.69, 9.17) is 4.74 Å². The largest absolute Gasteiger partial charge is 0.444 e. The van der Waals surface area contributed by atoms with Gasteiger partial charge in [-0.3, -0.25) is 4.90 Å². The number of fused-ring (bicyclic) bond motifs is 2. The van der Waals surface area contributed by atoms with Crippen LogP contribution < -0.4 is 0 Å². The Balaban J connectivity index is 1.49. The van der Waals surface area contributed by atoms with Crippen LogP contribution in [0.4, 0.5) is 4.79 Å². The second-order valence-corrected chi connectivity index (χ2v) is 15.0. The number of sulfonamides is 1. The summed E-state index contributed by atoms with van der Waals surface area (Å²) in [5.41, 5.74) is 0.220. The Morgan fingerprint density at radius 2 is 1.56 bits per heavy atom. The molecule has 1 amide bonds. The van der Waals surface area contributed by atoms with Crippen molar-refractivity contribution in [1.29, 1.82) is 0 Å². The molecule has 2 unspecified atom stereocenters. The van der Waals surface area contributed by atoms with Crippen molar-refractivity contribution in [3.63, 3.8) is 0 Å². The molecule has 2 heterocycles. The first kappa shape index (κ1) is 31.3. The number of hydrogen-bond acceptors (Lipinski definition) is 5. The molecule has 224 valence electrons. The predicted molar refractivity (Wildman–Crippen MR) is 164 cm³/mol. The second kappa shape index (κ2) is 12.7. The van der Waals surface area contributed by atoms with E-state index in [9.17, 15) is 13.2 Å². The summed E-state index contributed by atoms with van der Waals surface area (Å²) in [5, 5.41) is 0. The van der Waals surface area contributed by atoms with Gasteiger partial charge in [0.15, 0.2) is 0 Å². The highest BCUT2D eigenvalue weighted by Crippen LogP contribution is 2.40. The molecule has 0 aliphatic carbocycles. The van der Waals surface area contributed by atoms with Crippen LogP contribution in [0.5, 0.6) is 0 Å². The Labute approximate surface area is 247 Å². The summed E-state index contributed by atoms with van der Waals surface area (Å²) in [6.07, 6.45) is 6.38. The quantitative estimate of drug-likeness (QED) is 0.301. The Kier molecular flexibility index (Phi) is 9.66. The highest BCUT2D eigenvalue weighted by Gasteiger charge is 2.44. The van der Waals surface area contributed by atoms with Crippen molar-refractivity contribution in [3.8, 4) is 0 Å². The first-order chi connectivity index (χ1) is 19.3. The maximum Gasteiger partial charge on any atom is 0.410 e. The zero-order valence-corrected chi connectivity index (χ0v) is 26.1. The van der Waals surface area contributed by atoms with Crippen molar-refractivity contribution in [2.75, 3.05) is 26.7 Å². The minimum Gasteiger partial charge on any atom is -0.444 e. The third-order valence-corrected chi connectivity index (χ3v) is 10.5. The van der Waals surface area contributed by atoms with Crippen LogP contribution in [-0.2, 0) is 20.2 Å². The van der Waals surface area contributed by atoms with E-state index in [0.717, 1.165) is 44.2 Å². The first-order valence-electron chi connectivity index (χ1n) is 14.8. The lowest BCUT2D eigenvalue weighted by Crippen LogP contribution is -2.53. The van der Waals surface area contributed by atoms with Gasteiger partial charge in [0.05, 0.1) is 4.90 Å². The fourth-order valence-corrected chi connectivity index (χ4v) is 7.89. The average Bonchev–Trinajstić information content (AvgIpc) is 3.17. The molecule has 0 spiro atoms. The molecular formula is C33H47N3O4S. The van der Waals surface area contributed by atoms with E-state index in [1.807, 2.05) is 49.9 Å². The maximum absolute atomic E-state index is 13.4. The molecule has 2 aliphatic heterocycles. The summed E-state index contributed by atoms with van der Waals surface area (Å²) < 4.78 is 34.1. The molecule has 2 fully saturated rings. The van der Waals surface area contributed by atoms with Gasteiger partial charge < -0.3 is 9.64 Å². The van der Waals surface area contributed by atoms with E-state index in [0.29, 0.717) is 30.1 Å². The zero-order chi connectivity index (χ0) is 29.8. The van der Waals surface area contributed by atoms with Gasteiger partial charge in [0.25, 0.3) is 0 Å². The van der Waals surface area contributed by atoms with Gasteiger partial charge in [-0.05, 0) is 77.1 Å². The molecule has 3 atom stereocenters. The van der Waals surface area contributed by atoms with Gasteiger partial charge in [0, 0.05) is 43.7 Å². The topological polar surface area (TPSA) is 70.2 Å². The van der Waals surface area contributed by atoms with Crippen molar-refractivity contribution < 1.29 is 17.9 Å². The van der Waals surface area contributed by atoms with Gasteiger partial charge in [-0.1, -0.05) is 61.5 Å². The minimum atomic E-state index is -3.61. The molecule has 2 saturated heterocycles. The van der Waals surface area contributed by atoms with Crippen LogP contribution in [0.1, 0.15) is 65.4 Å². The van der Waals surface area contributed by atoms with Gasteiger partial charge >= 0.3 is 6.09 Å². The smallest absolute Gasteiger partial charge is 0.410 e. The molecule has 2 aliphatic rings. The van der Waals surface area contributed by atoms with Gasteiger partial charge in [-0.25, -0.2) is 17.5 Å². The van der Waals surface area contributed by atoms with Crippen LogP contribution in [-0.4, -0.2) is 79.0 Å². The van der Waals surface area contributed by atoms with Crippen molar-refractivity contribution in [2.24, 2.45) is 0 Å². The molecular weight excluding hydrogens is 534 g/mol. The molecule has 0 aromatic heterocycles. The standard InChI is InChI=1S/C33H47N3O4S/c1-7-21-36(31(37)40-32(2,3)4)29-23-27-18-19-28(24-29)35(27)22-20-33(5,26-14-10-8-11-15-26)25-34(6)41(38,39)30-16-12-9-13-17-30/h7-17,27-29H,1,18-25H2,2-6H3/t27?,28?,29?,33-/m1/s1. The number of carbonyl (C=O) groups excluding carboxylic acids is 1. The molecule has 2 aromatic carbocycles. The fraction of sp³-hybridized carbons (Fsp3) is 0.545. The Hall–Kier alpha value is -2.68. The molecule has 41 heavy (non-hydrogen) atoms. The van der Waals surface area contributed by atoms with Gasteiger partial charge in [0.1, 0.15) is 5.60 Å². The van der Waals surface area contributed by atoms with Crippen LogP contribution in [0.2, 0.25) is 0 Å². The lowest BCUT2D eigenvalue weighted by molar-refractivity contribution is 0.00265. The normalized spacial score (nSPS) is 22.7. The van der Waals surface area contributed by atoms with Gasteiger partial charge in [-0.15, -0.1) is 6.58 Å². The van der Waals surface area contributed by atoms with Crippen LogP contribution in [0.3, 0.4) is 0 Å². The number of rotatable bonds is 11. The summed E-state index contributed by atoms with van der Waals surface area (Å²) >= 11 is 0. The highest BCUT2D eigenvalue weighted by molar-refractivity contribution is 7.89. The number of ether oxygens (including phenoxy) is 1. The van der Waals surface area contributed by atoms with E-state index in [1.54, 1.807) is 37.4 Å². The van der Waals surface area contributed by atoms with Crippen molar-refractivity contribution in [2.45, 2.75) is 93.8 Å². The number of likely N-dealkylation sites (N-methyl/N-ethyl adjacent to an activating group) is 1. The summed E-state index contributed by atoms with van der Waals surface area (Å²) in [7, 11) is -1.93. The predicted octanol–water partition coefficient (Wildman–Crippen LogP) is 6.07. The summed E-state index contributed by atoms with van der Waals surface area (Å²) in [4.78, 5) is 17.8. The van der Waals surface area contributed by atoms with E-state index >= 15 is 0 Å². The maximum atomic E-state index is 13.4. The number of carbonyl (C=O) groups is 1. The molecule has 8 heteroatoms. The summed E-state index contributed by atoms with van der Waals surface area (Å²) in [5.74, 6) is 0. The summed E-state index contributed by atoms with van der Waals surface area (Å²) in [6.45, 7) is 13.5. The Morgan fingerprint density at radius 3 is 2.10 bits per heavy atom. The van der Waals surface area contributed by atoms with E-state index in [2.05, 4.69) is 30.5 Å². The average molecular weight is 582 g/mol. The minimum absolute atomic E-state index is 0.124. The fourth-order valence-electron chi connectivity index (χ4n) is 6.58. The SMILES string of the molecule is C=CCN(C(=O)OC(C)(C)C)C1CC2CCC(C1)N2CC[C@](C)(CN(C)S(=O)(=O)c1ccccc1)c1ccccc1. The van der Waals surface area contributed by atoms with Gasteiger partial charge in [-0.2, -0.15) is 0 Å². The lowest BCUT2D eigenvalue weighted by atomic mass is 9.79. The van der Waals surface area contributed by atoms with Crippen LogP contribution in [0.25, 0.3) is 0 Å². The Morgan fingerprint density at radius 1 is 1.00 bits per heavy atom. The molecule has 0 radical (unpaired) electrons. The van der Waals surface area contributed by atoms with Crippen molar-refractivity contribution in [3.05, 3.63) is 78.9 Å². The van der Waals surface area contributed by atoms with Crippen LogP contribution in [0, 0.1) is 0 Å². The molecule has 7 nitrogen and oxygen atoms in total. The van der Waals surface area contributed by atoms with Crippen molar-refractivity contribution >= 4 is 16.1 Å². The second-order valence-electron chi connectivity index (χ2n) is 12.9. The zero-order valence-electron chi connectivity index (χ0n) is 25.3. The van der Waals surface area contributed by atoms with Crippen molar-refractivity contribution in [1.82, 2.24) is 14.1 Å². The third-order valence-electron chi connectivity index (χ3n) is 8.67. The number of benzene rings is 2. The molecule has 2 aromatic rings. The highest BCUT2D eigenvalue weighted by atomic mass is 32.2. The van der Waals surface area contributed by atoms with E-state index in [-0.39, 0.29) is 17.6 Å². The molecule has 0 N–H and O–H groups in total. The molecule has 0 saturated carbocycles. The third kappa shape index (κ3) is 7.40. The number of hydrogen-bond donors (Lipinski definition) is 0. The lowest BCUT2D eigenvalue weighted by Gasteiger charge is -2.44. The Bertz CT molecular complexity index is 1260. The van der Waals surface area contributed by atoms with E-state index in [1.165, 1.54) is 4.31 Å². The number of amides is 1. The molecule has 4 rings (SSSR count). The number of nitrogens with zero attached hydrogens (tertiary/aromatic N) is 3. The van der Waals surface area contributed by atoms with Crippen LogP contribution >= 0.6 is 0 Å². The molecule has 2 bridgehead atoms. The van der Waals surface area contributed by atoms with Gasteiger partial charge in [0.2, 0.25) is 10.0 Å². The summed E-state index contributed by atoms with van der Waals surface area (Å²) in [6, 6.07) is 19.8. The van der Waals surface area contributed by atoms with E-state index < -0.39 is 15.6 Å². The monoisotopic (exact) mass is 581 g/mol. The number of piperidine rings is 1. The first-order valence-corrected chi connectivity index (χ1v) is 16.2. The van der Waals surface area contributed by atoms with Crippen LogP contribution in [0.15, 0.2) is 78.2 Å².